The number of phenolic OH excluding ortho intramolecular Hbond substituents is 1. The Hall–Kier alpha value is -1.06. The van der Waals surface area contributed by atoms with Gasteiger partial charge in [0.1, 0.15) is 5.75 Å². The molecule has 0 aromatic heterocycles. The molecule has 1 aromatic carbocycles. The van der Waals surface area contributed by atoms with Gasteiger partial charge in [-0.1, -0.05) is 32.4 Å². The molecule has 3 heteroatoms. The van der Waals surface area contributed by atoms with Crippen molar-refractivity contribution in [1.82, 2.24) is 10.2 Å². The summed E-state index contributed by atoms with van der Waals surface area (Å²) in [6, 6.07) is 4.79. The summed E-state index contributed by atoms with van der Waals surface area (Å²) in [5.74, 6) is 1.06. The highest BCUT2D eigenvalue weighted by atomic mass is 16.3. The second kappa shape index (κ2) is 6.59. The summed E-state index contributed by atoms with van der Waals surface area (Å²) in [5.41, 5.74) is 3.33. The third kappa shape index (κ3) is 3.15. The van der Waals surface area contributed by atoms with Crippen LogP contribution in [0.3, 0.4) is 0 Å². The molecule has 1 unspecified atom stereocenters. The molecule has 2 atom stereocenters. The van der Waals surface area contributed by atoms with Gasteiger partial charge in [0.15, 0.2) is 0 Å². The van der Waals surface area contributed by atoms with Gasteiger partial charge in [-0.3, -0.25) is 4.90 Å². The Bertz CT molecular complexity index is 429. The van der Waals surface area contributed by atoms with E-state index in [1.807, 2.05) is 13.8 Å². The molecule has 112 valence electrons. The maximum atomic E-state index is 10.00. The van der Waals surface area contributed by atoms with Crippen molar-refractivity contribution in [2.24, 2.45) is 5.92 Å². The SMILES string of the molecule is CCC(C)[C@H](c1cc(C)c(O)c(C)c1)N1CCNCC1. The topological polar surface area (TPSA) is 35.5 Å². The summed E-state index contributed by atoms with van der Waals surface area (Å²) >= 11 is 0. The molecule has 0 radical (unpaired) electrons. The minimum atomic E-state index is 0.442. The quantitative estimate of drug-likeness (QED) is 0.887. The van der Waals surface area contributed by atoms with Gasteiger partial charge in [-0.25, -0.2) is 0 Å². The predicted molar refractivity (Wildman–Crippen MR) is 84.2 cm³/mol. The molecule has 1 aromatic rings. The zero-order valence-corrected chi connectivity index (χ0v) is 13.2. The van der Waals surface area contributed by atoms with E-state index in [0.29, 0.717) is 17.7 Å². The lowest BCUT2D eigenvalue weighted by atomic mass is 9.88. The first-order valence-corrected chi connectivity index (χ1v) is 7.79. The van der Waals surface area contributed by atoms with E-state index in [2.05, 4.69) is 36.2 Å². The molecule has 1 heterocycles. The highest BCUT2D eigenvalue weighted by molar-refractivity contribution is 5.43. The molecular weight excluding hydrogens is 248 g/mol. The van der Waals surface area contributed by atoms with E-state index in [-0.39, 0.29) is 0 Å². The number of nitrogens with zero attached hydrogens (tertiary/aromatic N) is 1. The lowest BCUT2D eigenvalue weighted by Gasteiger charge is -2.38. The van der Waals surface area contributed by atoms with Crippen LogP contribution in [0.4, 0.5) is 0 Å². The first-order chi connectivity index (χ1) is 9.54. The van der Waals surface area contributed by atoms with Gasteiger partial charge in [0.05, 0.1) is 0 Å². The van der Waals surface area contributed by atoms with Crippen LogP contribution in [0.2, 0.25) is 0 Å². The Morgan fingerprint density at radius 1 is 1.20 bits per heavy atom. The summed E-state index contributed by atoms with van der Waals surface area (Å²) in [5, 5.41) is 13.4. The van der Waals surface area contributed by atoms with Gasteiger partial charge in [0.25, 0.3) is 0 Å². The Kier molecular flexibility index (Phi) is 5.06. The highest BCUT2D eigenvalue weighted by Gasteiger charge is 2.27. The average molecular weight is 276 g/mol. The maximum absolute atomic E-state index is 10.00. The van der Waals surface area contributed by atoms with E-state index in [9.17, 15) is 5.11 Å². The van der Waals surface area contributed by atoms with Crippen LogP contribution in [-0.2, 0) is 0 Å². The van der Waals surface area contributed by atoms with Gasteiger partial charge in [0, 0.05) is 32.2 Å². The molecule has 1 saturated heterocycles. The monoisotopic (exact) mass is 276 g/mol. The number of nitrogens with one attached hydrogen (secondary N) is 1. The summed E-state index contributed by atoms with van der Waals surface area (Å²) in [6.07, 6.45) is 1.17. The molecule has 2 N–H and O–H groups in total. The maximum Gasteiger partial charge on any atom is 0.121 e. The van der Waals surface area contributed by atoms with E-state index < -0.39 is 0 Å². The fourth-order valence-electron chi connectivity index (χ4n) is 3.24. The van der Waals surface area contributed by atoms with E-state index in [1.165, 1.54) is 12.0 Å². The fourth-order valence-corrected chi connectivity index (χ4v) is 3.24. The number of phenols is 1. The summed E-state index contributed by atoms with van der Waals surface area (Å²) < 4.78 is 0. The second-order valence-corrected chi connectivity index (χ2v) is 6.12. The first-order valence-electron chi connectivity index (χ1n) is 7.79. The minimum absolute atomic E-state index is 0.442. The summed E-state index contributed by atoms with van der Waals surface area (Å²) in [4.78, 5) is 2.59. The van der Waals surface area contributed by atoms with Crippen LogP contribution in [0.25, 0.3) is 0 Å². The molecule has 0 amide bonds. The molecule has 0 aliphatic carbocycles. The molecule has 1 aliphatic rings. The molecule has 3 nitrogen and oxygen atoms in total. The summed E-state index contributed by atoms with van der Waals surface area (Å²) in [6.45, 7) is 13.0. The van der Waals surface area contributed by atoms with Crippen LogP contribution < -0.4 is 5.32 Å². The van der Waals surface area contributed by atoms with Crippen LogP contribution in [0.1, 0.15) is 43.0 Å². The van der Waals surface area contributed by atoms with E-state index in [4.69, 9.17) is 0 Å². The zero-order chi connectivity index (χ0) is 14.7. The van der Waals surface area contributed by atoms with Gasteiger partial charge in [0.2, 0.25) is 0 Å². The van der Waals surface area contributed by atoms with Crippen LogP contribution in [0.15, 0.2) is 12.1 Å². The molecule has 1 fully saturated rings. The molecular formula is C17H28N2O. The van der Waals surface area contributed by atoms with Crippen molar-refractivity contribution in [2.45, 2.75) is 40.2 Å². The fraction of sp³-hybridized carbons (Fsp3) is 0.647. The van der Waals surface area contributed by atoms with Gasteiger partial charge >= 0.3 is 0 Å². The van der Waals surface area contributed by atoms with Crippen molar-refractivity contribution in [2.75, 3.05) is 26.2 Å². The van der Waals surface area contributed by atoms with Crippen molar-refractivity contribution in [3.05, 3.63) is 28.8 Å². The van der Waals surface area contributed by atoms with Crippen molar-refractivity contribution in [3.63, 3.8) is 0 Å². The summed E-state index contributed by atoms with van der Waals surface area (Å²) in [7, 11) is 0. The average Bonchev–Trinajstić information content (AvgIpc) is 2.46. The van der Waals surface area contributed by atoms with Crippen molar-refractivity contribution >= 4 is 0 Å². The Morgan fingerprint density at radius 3 is 2.25 bits per heavy atom. The van der Waals surface area contributed by atoms with E-state index in [0.717, 1.165) is 37.3 Å². The van der Waals surface area contributed by atoms with Gasteiger partial charge in [-0.2, -0.15) is 0 Å². The van der Waals surface area contributed by atoms with Crippen LogP contribution in [0, 0.1) is 19.8 Å². The number of benzene rings is 1. The van der Waals surface area contributed by atoms with Crippen LogP contribution >= 0.6 is 0 Å². The highest BCUT2D eigenvalue weighted by Crippen LogP contribution is 2.34. The molecule has 1 aliphatic heterocycles. The van der Waals surface area contributed by atoms with E-state index >= 15 is 0 Å². The number of aromatic hydroxyl groups is 1. The standard InChI is InChI=1S/C17H28N2O/c1-5-12(2)16(19-8-6-18-7-9-19)15-10-13(3)17(20)14(4)11-15/h10-12,16,18,20H,5-9H2,1-4H3/t12?,16-/m1/s1. The third-order valence-electron chi connectivity index (χ3n) is 4.58. The third-order valence-corrected chi connectivity index (χ3v) is 4.58. The van der Waals surface area contributed by atoms with Crippen molar-refractivity contribution < 1.29 is 5.11 Å². The van der Waals surface area contributed by atoms with Crippen molar-refractivity contribution in [3.8, 4) is 5.75 Å². The van der Waals surface area contributed by atoms with Crippen LogP contribution in [-0.4, -0.2) is 36.2 Å². The molecule has 0 saturated carbocycles. The normalized spacial score (nSPS) is 19.8. The lowest BCUT2D eigenvalue weighted by molar-refractivity contribution is 0.128. The number of hydrogen-bond acceptors (Lipinski definition) is 3. The van der Waals surface area contributed by atoms with Gasteiger partial charge < -0.3 is 10.4 Å². The number of hydrogen-bond donors (Lipinski definition) is 2. The Balaban J connectivity index is 2.35. The predicted octanol–water partition coefficient (Wildman–Crippen LogP) is 3.00. The largest absolute Gasteiger partial charge is 0.507 e. The molecule has 0 bridgehead atoms. The molecule has 0 spiro atoms. The second-order valence-electron chi connectivity index (χ2n) is 6.12. The van der Waals surface area contributed by atoms with Gasteiger partial charge in [-0.15, -0.1) is 0 Å². The number of rotatable bonds is 4. The number of aryl methyl sites for hydroxylation is 2. The zero-order valence-electron chi connectivity index (χ0n) is 13.2. The van der Waals surface area contributed by atoms with Gasteiger partial charge in [-0.05, 0) is 36.5 Å². The van der Waals surface area contributed by atoms with Crippen LogP contribution in [0.5, 0.6) is 5.75 Å². The smallest absolute Gasteiger partial charge is 0.121 e. The first kappa shape index (κ1) is 15.3. The van der Waals surface area contributed by atoms with E-state index in [1.54, 1.807) is 0 Å². The van der Waals surface area contributed by atoms with Crippen molar-refractivity contribution in [1.29, 1.82) is 0 Å². The molecule has 20 heavy (non-hydrogen) atoms. The minimum Gasteiger partial charge on any atom is -0.507 e. The lowest BCUT2D eigenvalue weighted by Crippen LogP contribution is -2.46. The molecule has 2 rings (SSSR count). The Morgan fingerprint density at radius 2 is 1.75 bits per heavy atom. The Labute approximate surface area is 123 Å². The number of piperazine rings is 1.